The van der Waals surface area contributed by atoms with Crippen LogP contribution >= 0.6 is 0 Å². The first-order valence-electron chi connectivity index (χ1n) is 14.9. The predicted octanol–water partition coefficient (Wildman–Crippen LogP) is 7.95. The molecular formula is C37H33FN4O. The SMILES string of the molecule is C[C@H]1C(=O)/C(=C\N(C)c2ccccc2)C[C@@]2(C)c3nc(-c4ccnc5ccccc45)nc(-c4ccccc4F)c3CC[C@H]12. The van der Waals surface area contributed by atoms with Crippen molar-refractivity contribution in [3.63, 3.8) is 0 Å². The van der Waals surface area contributed by atoms with Gasteiger partial charge in [-0.25, -0.2) is 14.4 Å². The summed E-state index contributed by atoms with van der Waals surface area (Å²) < 4.78 is 15.4. The molecule has 0 saturated heterocycles. The van der Waals surface area contributed by atoms with Crippen LogP contribution in [-0.4, -0.2) is 27.8 Å². The summed E-state index contributed by atoms with van der Waals surface area (Å²) in [6.45, 7) is 4.30. The van der Waals surface area contributed by atoms with Crippen molar-refractivity contribution in [3.05, 3.63) is 120 Å². The van der Waals surface area contributed by atoms with Gasteiger partial charge in [0.05, 0.1) is 16.9 Å². The minimum Gasteiger partial charge on any atom is -0.351 e. The Hall–Kier alpha value is -4.71. The van der Waals surface area contributed by atoms with Gasteiger partial charge in [0.25, 0.3) is 0 Å². The van der Waals surface area contributed by atoms with E-state index >= 15 is 4.39 Å². The van der Waals surface area contributed by atoms with Crippen molar-refractivity contribution in [2.75, 3.05) is 11.9 Å². The average Bonchev–Trinajstić information content (AvgIpc) is 3.03. The van der Waals surface area contributed by atoms with Crippen LogP contribution in [-0.2, 0) is 16.6 Å². The number of fused-ring (bicyclic) bond motifs is 4. The van der Waals surface area contributed by atoms with Crippen molar-refractivity contribution < 1.29 is 9.18 Å². The van der Waals surface area contributed by atoms with Gasteiger partial charge in [0.15, 0.2) is 11.6 Å². The molecule has 6 heteroatoms. The highest BCUT2D eigenvalue weighted by molar-refractivity contribution is 5.99. The third-order valence-corrected chi connectivity index (χ3v) is 9.49. The molecule has 5 aromatic rings. The number of hydrogen-bond acceptors (Lipinski definition) is 5. The zero-order valence-electron chi connectivity index (χ0n) is 24.6. The quantitative estimate of drug-likeness (QED) is 0.206. The lowest BCUT2D eigenvalue weighted by molar-refractivity contribution is -0.123. The fourth-order valence-corrected chi connectivity index (χ4v) is 7.33. The molecule has 0 unspecified atom stereocenters. The van der Waals surface area contributed by atoms with Crippen LogP contribution in [0.15, 0.2) is 103 Å². The Kier molecular flexibility index (Phi) is 6.65. The minimum atomic E-state index is -0.440. The standard InChI is InChI=1S/C37H33FN4O/c1-23-30-18-17-29-33(28-14-7-9-15-31(28)38)40-36(27-19-20-39-32-16-10-8-13-26(27)32)41-35(29)37(30,2)21-24(34(23)43)22-42(3)25-11-5-4-6-12-25/h4-16,19-20,22-23,30H,17-18,21H2,1-3H3/b24-22-/t23-,30-,37-/m1/s1. The topological polar surface area (TPSA) is 59.0 Å². The van der Waals surface area contributed by atoms with Crippen molar-refractivity contribution in [2.45, 2.75) is 38.5 Å². The molecule has 0 amide bonds. The Bertz CT molecular complexity index is 1900. The van der Waals surface area contributed by atoms with Gasteiger partial charge in [0.2, 0.25) is 0 Å². The maximum atomic E-state index is 15.4. The minimum absolute atomic E-state index is 0.108. The number of anilines is 1. The van der Waals surface area contributed by atoms with Crippen molar-refractivity contribution in [1.82, 2.24) is 15.0 Å². The number of pyridine rings is 1. The number of benzene rings is 3. The molecule has 3 aromatic carbocycles. The Morgan fingerprint density at radius 2 is 1.67 bits per heavy atom. The number of carbonyl (C=O) groups is 1. The average molecular weight is 569 g/mol. The van der Waals surface area contributed by atoms with Crippen molar-refractivity contribution in [2.24, 2.45) is 11.8 Å². The summed E-state index contributed by atoms with van der Waals surface area (Å²) in [6.07, 6.45) is 5.82. The molecule has 0 bridgehead atoms. The van der Waals surface area contributed by atoms with Crippen LogP contribution in [0.2, 0.25) is 0 Å². The molecular weight excluding hydrogens is 535 g/mol. The van der Waals surface area contributed by atoms with E-state index < -0.39 is 5.41 Å². The molecule has 2 aromatic heterocycles. The second-order valence-corrected chi connectivity index (χ2v) is 12.1. The number of allylic oxidation sites excluding steroid dienone is 1. The van der Waals surface area contributed by atoms with Gasteiger partial charge in [0, 0.05) is 64.1 Å². The van der Waals surface area contributed by atoms with Gasteiger partial charge in [-0.2, -0.15) is 0 Å². The molecule has 2 heterocycles. The van der Waals surface area contributed by atoms with E-state index in [1.807, 2.05) is 84.9 Å². The number of hydrogen-bond donors (Lipinski definition) is 0. The number of carbonyl (C=O) groups excluding carboxylic acids is 1. The number of halogens is 1. The monoisotopic (exact) mass is 568 g/mol. The summed E-state index contributed by atoms with van der Waals surface area (Å²) in [7, 11) is 1.98. The van der Waals surface area contributed by atoms with Gasteiger partial charge < -0.3 is 4.90 Å². The normalized spacial score (nSPS) is 22.3. The van der Waals surface area contributed by atoms with E-state index in [1.54, 1.807) is 18.3 Å². The van der Waals surface area contributed by atoms with E-state index in [1.165, 1.54) is 6.07 Å². The highest BCUT2D eigenvalue weighted by atomic mass is 19.1. The molecule has 3 atom stereocenters. The van der Waals surface area contributed by atoms with Gasteiger partial charge in [0.1, 0.15) is 5.82 Å². The molecule has 1 saturated carbocycles. The van der Waals surface area contributed by atoms with Gasteiger partial charge >= 0.3 is 0 Å². The van der Waals surface area contributed by atoms with E-state index in [-0.39, 0.29) is 23.4 Å². The number of rotatable bonds is 4. The summed E-state index contributed by atoms with van der Waals surface area (Å²) in [6, 6.07) is 26.8. The van der Waals surface area contributed by atoms with E-state index in [0.29, 0.717) is 29.9 Å². The predicted molar refractivity (Wildman–Crippen MR) is 169 cm³/mol. The highest BCUT2D eigenvalue weighted by Gasteiger charge is 2.51. The molecule has 5 nitrogen and oxygen atoms in total. The second-order valence-electron chi connectivity index (χ2n) is 12.1. The first kappa shape index (κ1) is 27.1. The van der Waals surface area contributed by atoms with Crippen LogP contribution < -0.4 is 4.90 Å². The van der Waals surface area contributed by atoms with Crippen molar-refractivity contribution in [3.8, 4) is 22.6 Å². The van der Waals surface area contributed by atoms with E-state index in [2.05, 4.69) is 18.8 Å². The maximum absolute atomic E-state index is 15.4. The Morgan fingerprint density at radius 3 is 2.49 bits per heavy atom. The van der Waals surface area contributed by atoms with Crippen molar-refractivity contribution >= 4 is 22.4 Å². The molecule has 2 aliphatic carbocycles. The molecule has 0 N–H and O–H groups in total. The zero-order chi connectivity index (χ0) is 29.7. The summed E-state index contributed by atoms with van der Waals surface area (Å²) in [5.74, 6) is 0.376. The molecule has 7 rings (SSSR count). The fraction of sp³-hybridized carbons (Fsp3) is 0.243. The second kappa shape index (κ2) is 10.5. The summed E-state index contributed by atoms with van der Waals surface area (Å²) in [5, 5.41) is 0.944. The Balaban J connectivity index is 1.44. The van der Waals surface area contributed by atoms with Crippen LogP contribution in [0.25, 0.3) is 33.5 Å². The smallest absolute Gasteiger partial charge is 0.163 e. The number of Topliss-reactive ketones (excluding diaryl/α,β-unsaturated/α-hetero) is 1. The lowest BCUT2D eigenvalue weighted by atomic mass is 9.55. The van der Waals surface area contributed by atoms with Crippen LogP contribution in [0, 0.1) is 17.7 Å². The molecule has 1 fully saturated rings. The molecule has 0 spiro atoms. The fourth-order valence-electron chi connectivity index (χ4n) is 7.33. The zero-order valence-corrected chi connectivity index (χ0v) is 24.6. The Labute approximate surface area is 251 Å². The molecule has 0 aliphatic heterocycles. The summed E-state index contributed by atoms with van der Waals surface area (Å²) in [4.78, 5) is 30.8. The summed E-state index contributed by atoms with van der Waals surface area (Å²) >= 11 is 0. The number of para-hydroxylation sites is 2. The van der Waals surface area contributed by atoms with Crippen LogP contribution in [0.5, 0.6) is 0 Å². The molecule has 0 radical (unpaired) electrons. The van der Waals surface area contributed by atoms with Gasteiger partial charge in [-0.3, -0.25) is 9.78 Å². The number of ketones is 1. The van der Waals surface area contributed by atoms with Gasteiger partial charge in [-0.1, -0.05) is 62.4 Å². The summed E-state index contributed by atoms with van der Waals surface area (Å²) in [5.41, 5.74) is 6.07. The van der Waals surface area contributed by atoms with E-state index in [0.717, 1.165) is 45.4 Å². The maximum Gasteiger partial charge on any atom is 0.163 e. The first-order chi connectivity index (χ1) is 20.8. The van der Waals surface area contributed by atoms with Crippen molar-refractivity contribution in [1.29, 1.82) is 0 Å². The van der Waals surface area contributed by atoms with Crippen LogP contribution in [0.1, 0.15) is 37.9 Å². The van der Waals surface area contributed by atoms with Crippen LogP contribution in [0.3, 0.4) is 0 Å². The Morgan fingerprint density at radius 1 is 0.930 bits per heavy atom. The molecule has 43 heavy (non-hydrogen) atoms. The van der Waals surface area contributed by atoms with E-state index in [9.17, 15) is 4.79 Å². The lowest BCUT2D eigenvalue weighted by Gasteiger charge is -2.49. The first-order valence-corrected chi connectivity index (χ1v) is 14.9. The number of aromatic nitrogens is 3. The van der Waals surface area contributed by atoms with E-state index in [4.69, 9.17) is 9.97 Å². The third kappa shape index (κ3) is 4.53. The highest BCUT2D eigenvalue weighted by Crippen LogP contribution is 2.53. The molecule has 214 valence electrons. The molecule has 2 aliphatic rings. The largest absolute Gasteiger partial charge is 0.351 e. The van der Waals surface area contributed by atoms with Crippen LogP contribution in [0.4, 0.5) is 10.1 Å². The third-order valence-electron chi connectivity index (χ3n) is 9.49. The lowest BCUT2D eigenvalue weighted by Crippen LogP contribution is -2.48. The number of nitrogens with zero attached hydrogens (tertiary/aromatic N) is 4. The van der Waals surface area contributed by atoms with Gasteiger partial charge in [-0.15, -0.1) is 0 Å². The van der Waals surface area contributed by atoms with Gasteiger partial charge in [-0.05, 0) is 61.6 Å².